The van der Waals surface area contributed by atoms with Crippen LogP contribution in [0.1, 0.15) is 39.0 Å². The fourth-order valence-electron chi connectivity index (χ4n) is 5.39. The maximum absolute atomic E-state index is 12.6. The molecule has 2 N–H and O–H groups in total. The van der Waals surface area contributed by atoms with E-state index in [1.165, 1.54) is 4.90 Å². The van der Waals surface area contributed by atoms with E-state index in [0.717, 1.165) is 55.5 Å². The largest absolute Gasteiger partial charge is 0.496 e. The number of ketones is 1. The Balaban J connectivity index is 1.33. The van der Waals surface area contributed by atoms with E-state index < -0.39 is 18.1 Å². The highest BCUT2D eigenvalue weighted by atomic mass is 16.5. The van der Waals surface area contributed by atoms with Crippen molar-refractivity contribution in [2.75, 3.05) is 39.3 Å². The summed E-state index contributed by atoms with van der Waals surface area (Å²) in [6.07, 6.45) is 4.46. The molecule has 1 aliphatic carbocycles. The SMILES string of the molecule is CC1=C2COC=C2CC(=O)C1C(O)CN1CCC2(CC1)CCN(C(=O)O)CC2. The fraction of sp³-hybridized carbons (Fsp3) is 0.714. The molecular formula is C21H30N2O5. The second-order valence-corrected chi connectivity index (χ2v) is 8.87. The van der Waals surface area contributed by atoms with E-state index in [1.54, 1.807) is 6.26 Å². The van der Waals surface area contributed by atoms with Crippen LogP contribution in [0.2, 0.25) is 0 Å². The van der Waals surface area contributed by atoms with Crippen molar-refractivity contribution in [1.29, 1.82) is 0 Å². The van der Waals surface area contributed by atoms with Gasteiger partial charge in [0.25, 0.3) is 0 Å². The highest BCUT2D eigenvalue weighted by Gasteiger charge is 2.41. The third-order valence-corrected chi connectivity index (χ3v) is 7.34. The van der Waals surface area contributed by atoms with Crippen molar-refractivity contribution in [3.63, 3.8) is 0 Å². The first-order valence-electron chi connectivity index (χ1n) is 10.3. The average molecular weight is 390 g/mol. The van der Waals surface area contributed by atoms with E-state index in [0.29, 0.717) is 32.7 Å². The third kappa shape index (κ3) is 3.57. The Morgan fingerprint density at radius 2 is 1.89 bits per heavy atom. The van der Waals surface area contributed by atoms with Gasteiger partial charge in [-0.1, -0.05) is 5.57 Å². The topological polar surface area (TPSA) is 90.3 Å². The lowest BCUT2D eigenvalue weighted by Crippen LogP contribution is -2.50. The number of hydrogen-bond acceptors (Lipinski definition) is 5. The minimum absolute atomic E-state index is 0.0834. The standard InChI is InChI=1S/C21H30N2O5/c1-14-16-13-28-12-15(16)10-17(24)19(14)18(25)11-22-6-2-21(3-7-22)4-8-23(9-5-21)20(26)27/h12,18-19,25H,2-11,13H2,1H3,(H,26,27). The van der Waals surface area contributed by atoms with Crippen molar-refractivity contribution < 1.29 is 24.5 Å². The van der Waals surface area contributed by atoms with Crippen LogP contribution in [-0.4, -0.2) is 77.3 Å². The minimum Gasteiger partial charge on any atom is -0.496 e. The van der Waals surface area contributed by atoms with Gasteiger partial charge in [-0.25, -0.2) is 4.79 Å². The summed E-state index contributed by atoms with van der Waals surface area (Å²) in [5.74, 6) is -0.344. The molecule has 0 aromatic rings. The molecule has 0 aromatic heterocycles. The monoisotopic (exact) mass is 390 g/mol. The Morgan fingerprint density at radius 3 is 2.54 bits per heavy atom. The summed E-state index contributed by atoms with van der Waals surface area (Å²) in [7, 11) is 0. The van der Waals surface area contributed by atoms with Gasteiger partial charge in [0, 0.05) is 31.6 Å². The number of β-amino-alcohol motifs (C(OH)–C–C–N with tert-alkyl or cyclic N) is 1. The van der Waals surface area contributed by atoms with Crippen molar-refractivity contribution in [3.05, 3.63) is 23.0 Å². The van der Waals surface area contributed by atoms with Crippen LogP contribution in [0.5, 0.6) is 0 Å². The predicted molar refractivity (Wildman–Crippen MR) is 103 cm³/mol. The van der Waals surface area contributed by atoms with E-state index in [1.807, 2.05) is 6.92 Å². The van der Waals surface area contributed by atoms with Crippen LogP contribution < -0.4 is 0 Å². The smallest absolute Gasteiger partial charge is 0.407 e. The second-order valence-electron chi connectivity index (χ2n) is 8.87. The van der Waals surface area contributed by atoms with Crippen LogP contribution in [0.25, 0.3) is 0 Å². The van der Waals surface area contributed by atoms with Crippen molar-refractivity contribution >= 4 is 11.9 Å². The lowest BCUT2D eigenvalue weighted by atomic mass is 9.71. The van der Waals surface area contributed by atoms with Crippen molar-refractivity contribution in [2.45, 2.75) is 45.1 Å². The highest BCUT2D eigenvalue weighted by molar-refractivity contribution is 5.90. The number of ether oxygens (including phenoxy) is 1. The van der Waals surface area contributed by atoms with Gasteiger partial charge < -0.3 is 24.7 Å². The van der Waals surface area contributed by atoms with Gasteiger partial charge in [0.2, 0.25) is 0 Å². The maximum Gasteiger partial charge on any atom is 0.407 e. The molecule has 28 heavy (non-hydrogen) atoms. The Labute approximate surface area is 165 Å². The molecular weight excluding hydrogens is 360 g/mol. The molecule has 2 atom stereocenters. The number of Topliss-reactive ketones (excluding diaryl/α,β-unsaturated/α-hetero) is 1. The number of aliphatic hydroxyl groups is 1. The van der Waals surface area contributed by atoms with E-state index in [4.69, 9.17) is 9.84 Å². The van der Waals surface area contributed by atoms with E-state index in [-0.39, 0.29) is 11.2 Å². The fourth-order valence-corrected chi connectivity index (χ4v) is 5.39. The first kappa shape index (κ1) is 19.5. The Bertz CT molecular complexity index is 710. The van der Waals surface area contributed by atoms with Crippen LogP contribution in [0.4, 0.5) is 4.79 Å². The molecule has 3 aliphatic heterocycles. The molecule has 2 fully saturated rings. The molecule has 0 bridgehead atoms. The molecule has 0 radical (unpaired) electrons. The van der Waals surface area contributed by atoms with Gasteiger partial charge in [-0.15, -0.1) is 0 Å². The summed E-state index contributed by atoms with van der Waals surface area (Å²) in [6, 6.07) is 0. The number of carboxylic acid groups (broad SMARTS) is 1. The van der Waals surface area contributed by atoms with Gasteiger partial charge in [-0.05, 0) is 56.7 Å². The molecule has 1 amide bonds. The summed E-state index contributed by atoms with van der Waals surface area (Å²) >= 11 is 0. The number of aliphatic hydroxyl groups excluding tert-OH is 1. The number of likely N-dealkylation sites (tertiary alicyclic amines) is 2. The molecule has 2 unspecified atom stereocenters. The minimum atomic E-state index is -0.817. The van der Waals surface area contributed by atoms with Gasteiger partial charge in [-0.3, -0.25) is 4.79 Å². The number of amides is 1. The summed E-state index contributed by atoms with van der Waals surface area (Å²) in [4.78, 5) is 27.5. The summed E-state index contributed by atoms with van der Waals surface area (Å²) in [5, 5.41) is 20.0. The van der Waals surface area contributed by atoms with Crippen LogP contribution in [0.3, 0.4) is 0 Å². The molecule has 154 valence electrons. The Kier molecular flexibility index (Phi) is 5.22. The van der Waals surface area contributed by atoms with Crippen molar-refractivity contribution in [2.24, 2.45) is 11.3 Å². The van der Waals surface area contributed by atoms with Crippen molar-refractivity contribution in [3.8, 4) is 0 Å². The Hall–Kier alpha value is -1.86. The molecule has 0 saturated carbocycles. The maximum atomic E-state index is 12.6. The van der Waals surface area contributed by atoms with Gasteiger partial charge in [0.15, 0.2) is 0 Å². The number of nitrogens with zero attached hydrogens (tertiary/aromatic N) is 2. The predicted octanol–water partition coefficient (Wildman–Crippen LogP) is 2.02. The first-order chi connectivity index (χ1) is 13.4. The van der Waals surface area contributed by atoms with Gasteiger partial charge in [0.1, 0.15) is 12.4 Å². The van der Waals surface area contributed by atoms with Crippen molar-refractivity contribution in [1.82, 2.24) is 9.80 Å². The summed E-state index contributed by atoms with van der Waals surface area (Å²) in [6.45, 7) is 6.02. The van der Waals surface area contributed by atoms with Gasteiger partial charge in [-0.2, -0.15) is 0 Å². The second kappa shape index (κ2) is 7.52. The number of rotatable bonds is 3. The van der Waals surface area contributed by atoms with Crippen LogP contribution in [0.15, 0.2) is 23.0 Å². The number of hydrogen-bond donors (Lipinski definition) is 2. The number of carbonyl (C=O) groups excluding carboxylic acids is 1. The first-order valence-corrected chi connectivity index (χ1v) is 10.3. The highest BCUT2D eigenvalue weighted by Crippen LogP contribution is 2.42. The summed E-state index contributed by atoms with van der Waals surface area (Å²) < 4.78 is 5.37. The van der Waals surface area contributed by atoms with Crippen LogP contribution in [-0.2, 0) is 9.53 Å². The van der Waals surface area contributed by atoms with E-state index in [2.05, 4.69) is 4.90 Å². The number of piperidine rings is 2. The molecule has 3 heterocycles. The Morgan fingerprint density at radius 1 is 1.25 bits per heavy atom. The molecule has 4 rings (SSSR count). The van der Waals surface area contributed by atoms with E-state index in [9.17, 15) is 14.7 Å². The normalized spacial score (nSPS) is 28.8. The third-order valence-electron chi connectivity index (χ3n) is 7.34. The molecule has 4 aliphatic rings. The molecule has 7 nitrogen and oxygen atoms in total. The zero-order chi connectivity index (χ0) is 19.9. The van der Waals surface area contributed by atoms with Gasteiger partial charge in [0.05, 0.1) is 18.3 Å². The molecule has 7 heteroatoms. The summed E-state index contributed by atoms with van der Waals surface area (Å²) in [5.41, 5.74) is 3.26. The average Bonchev–Trinajstić information content (AvgIpc) is 3.13. The zero-order valence-corrected chi connectivity index (χ0v) is 16.5. The number of fused-ring (bicyclic) bond motifs is 1. The zero-order valence-electron chi connectivity index (χ0n) is 16.5. The van der Waals surface area contributed by atoms with Gasteiger partial charge >= 0.3 is 6.09 Å². The molecule has 2 saturated heterocycles. The quantitative estimate of drug-likeness (QED) is 0.766. The van der Waals surface area contributed by atoms with E-state index >= 15 is 0 Å². The molecule has 0 aromatic carbocycles. The molecule has 1 spiro atoms. The lowest BCUT2D eigenvalue weighted by molar-refractivity contribution is -0.125. The van der Waals surface area contributed by atoms with Crippen LogP contribution >= 0.6 is 0 Å². The van der Waals surface area contributed by atoms with Crippen LogP contribution in [0, 0.1) is 11.3 Å². The number of carbonyl (C=O) groups is 2. The lowest BCUT2D eigenvalue weighted by Gasteiger charge is -2.47.